The fourth-order valence-electron chi connectivity index (χ4n) is 3.87. The Labute approximate surface area is 211 Å². The molecule has 3 aromatic carbocycles. The molecule has 1 saturated heterocycles. The first-order valence-electron chi connectivity index (χ1n) is 10.4. The molecular weight excluding hydrogens is 493 g/mol. The lowest BCUT2D eigenvalue weighted by Crippen LogP contribution is -2.29. The van der Waals surface area contributed by atoms with Gasteiger partial charge >= 0.3 is 5.97 Å². The first-order chi connectivity index (χ1) is 16.7. The van der Waals surface area contributed by atoms with E-state index < -0.39 is 29.5 Å². The minimum Gasteiger partial charge on any atom is -0.507 e. The molecule has 178 valence electrons. The van der Waals surface area contributed by atoms with Gasteiger partial charge in [-0.1, -0.05) is 35.3 Å². The smallest absolute Gasteiger partial charge is 0.308 e. The van der Waals surface area contributed by atoms with Crippen LogP contribution >= 0.6 is 23.2 Å². The number of ketones is 1. The highest BCUT2D eigenvalue weighted by molar-refractivity contribution is 6.51. The summed E-state index contributed by atoms with van der Waals surface area (Å²) in [6.07, 6.45) is 0. The Bertz CT molecular complexity index is 1370. The predicted octanol–water partition coefficient (Wildman–Crippen LogP) is 5.55. The number of anilines is 1. The molecule has 1 heterocycles. The molecule has 1 aliphatic heterocycles. The lowest BCUT2D eigenvalue weighted by Gasteiger charge is -2.26. The molecule has 0 radical (unpaired) electrons. The maximum atomic E-state index is 13.2. The normalized spacial score (nSPS) is 16.9. The van der Waals surface area contributed by atoms with Gasteiger partial charge in [0.15, 0.2) is 0 Å². The van der Waals surface area contributed by atoms with E-state index in [-0.39, 0.29) is 26.9 Å². The average molecular weight is 512 g/mol. The van der Waals surface area contributed by atoms with Crippen molar-refractivity contribution in [1.29, 1.82) is 0 Å². The molecular formula is C26H19Cl2NO6. The SMILES string of the molecule is COc1ccc(N2C(=O)C(=O)/C(=C(\O)c3ccc(Cl)c(Cl)c3)C2c2cccc(OC(C)=O)c2)cc1. The molecule has 0 spiro atoms. The van der Waals surface area contributed by atoms with E-state index >= 15 is 0 Å². The maximum Gasteiger partial charge on any atom is 0.308 e. The number of carbonyl (C=O) groups is 3. The number of hydrogen-bond donors (Lipinski definition) is 1. The number of ether oxygens (including phenoxy) is 2. The summed E-state index contributed by atoms with van der Waals surface area (Å²) < 4.78 is 10.4. The van der Waals surface area contributed by atoms with Crippen molar-refractivity contribution in [3.05, 3.63) is 93.5 Å². The van der Waals surface area contributed by atoms with Crippen molar-refractivity contribution in [2.24, 2.45) is 0 Å². The van der Waals surface area contributed by atoms with Crippen LogP contribution in [-0.4, -0.2) is 29.9 Å². The standard InChI is InChI=1S/C26H19Cl2NO6/c1-14(30)35-19-5-3-4-15(12-19)23-22(24(31)16-6-11-20(27)21(28)13-16)25(32)26(33)29(23)17-7-9-18(34-2)10-8-17/h3-13,23,31H,1-2H3/b24-22-. The fraction of sp³-hybridized carbons (Fsp3) is 0.115. The number of Topliss-reactive ketones (excluding diaryl/α,β-unsaturated/α-hetero) is 1. The molecule has 0 saturated carbocycles. The lowest BCUT2D eigenvalue weighted by molar-refractivity contribution is -0.132. The second kappa shape index (κ2) is 9.82. The van der Waals surface area contributed by atoms with Gasteiger partial charge < -0.3 is 14.6 Å². The number of halogens is 2. The Morgan fingerprint density at radius 2 is 1.66 bits per heavy atom. The molecule has 0 aliphatic carbocycles. The summed E-state index contributed by atoms with van der Waals surface area (Å²) in [7, 11) is 1.51. The van der Waals surface area contributed by atoms with Gasteiger partial charge in [-0.15, -0.1) is 0 Å². The summed E-state index contributed by atoms with van der Waals surface area (Å²) in [5.74, 6) is -1.87. The zero-order valence-electron chi connectivity index (χ0n) is 18.6. The number of methoxy groups -OCH3 is 1. The van der Waals surface area contributed by atoms with E-state index in [9.17, 15) is 19.5 Å². The van der Waals surface area contributed by atoms with Crippen LogP contribution in [0.25, 0.3) is 5.76 Å². The molecule has 7 nitrogen and oxygen atoms in total. The molecule has 35 heavy (non-hydrogen) atoms. The molecule has 0 aromatic heterocycles. The molecule has 1 fully saturated rings. The minimum absolute atomic E-state index is 0.149. The Hall–Kier alpha value is -3.81. The molecule has 4 rings (SSSR count). The van der Waals surface area contributed by atoms with E-state index in [1.54, 1.807) is 42.5 Å². The zero-order valence-corrected chi connectivity index (χ0v) is 20.1. The molecule has 0 bridgehead atoms. The lowest BCUT2D eigenvalue weighted by atomic mass is 9.95. The third-order valence-corrected chi connectivity index (χ3v) is 6.16. The summed E-state index contributed by atoms with van der Waals surface area (Å²) in [6, 6.07) is 16.3. The molecule has 1 amide bonds. The van der Waals surface area contributed by atoms with Crippen molar-refractivity contribution < 1.29 is 29.0 Å². The number of hydrogen-bond acceptors (Lipinski definition) is 6. The molecule has 1 atom stereocenters. The summed E-state index contributed by atoms with van der Waals surface area (Å²) in [5.41, 5.74) is 0.918. The highest BCUT2D eigenvalue weighted by Gasteiger charge is 2.47. The first kappa shape index (κ1) is 24.3. The van der Waals surface area contributed by atoms with Crippen molar-refractivity contribution in [2.45, 2.75) is 13.0 Å². The topological polar surface area (TPSA) is 93.1 Å². The van der Waals surface area contributed by atoms with Crippen molar-refractivity contribution in [3.63, 3.8) is 0 Å². The van der Waals surface area contributed by atoms with Gasteiger partial charge in [0, 0.05) is 18.2 Å². The van der Waals surface area contributed by atoms with Crippen molar-refractivity contribution >= 4 is 52.3 Å². The molecule has 9 heteroatoms. The average Bonchev–Trinajstić information content (AvgIpc) is 3.10. The first-order valence-corrected chi connectivity index (χ1v) is 11.2. The number of aliphatic hydroxyl groups excluding tert-OH is 1. The van der Waals surface area contributed by atoms with Gasteiger partial charge in [0.2, 0.25) is 0 Å². The van der Waals surface area contributed by atoms with Crippen molar-refractivity contribution in [1.82, 2.24) is 0 Å². The van der Waals surface area contributed by atoms with Crippen LogP contribution in [0, 0.1) is 0 Å². The highest BCUT2D eigenvalue weighted by atomic mass is 35.5. The van der Waals surface area contributed by atoms with Crippen LogP contribution in [0.15, 0.2) is 72.3 Å². The fourth-order valence-corrected chi connectivity index (χ4v) is 4.17. The van der Waals surface area contributed by atoms with E-state index in [1.807, 2.05) is 0 Å². The Kier molecular flexibility index (Phi) is 6.82. The summed E-state index contributed by atoms with van der Waals surface area (Å²) in [5, 5.41) is 11.6. The number of esters is 1. The van der Waals surface area contributed by atoms with E-state index in [1.165, 1.54) is 43.2 Å². The van der Waals surface area contributed by atoms with Crippen LogP contribution in [0.3, 0.4) is 0 Å². The van der Waals surface area contributed by atoms with Crippen molar-refractivity contribution in [3.8, 4) is 11.5 Å². The number of rotatable bonds is 5. The maximum absolute atomic E-state index is 13.2. The highest BCUT2D eigenvalue weighted by Crippen LogP contribution is 2.43. The number of nitrogens with zero attached hydrogens (tertiary/aromatic N) is 1. The number of carbonyl (C=O) groups excluding carboxylic acids is 3. The quantitative estimate of drug-likeness (QED) is 0.158. The van der Waals surface area contributed by atoms with E-state index in [2.05, 4.69) is 0 Å². The Morgan fingerprint density at radius 1 is 0.943 bits per heavy atom. The second-order valence-electron chi connectivity index (χ2n) is 7.66. The largest absolute Gasteiger partial charge is 0.507 e. The summed E-state index contributed by atoms with van der Waals surface area (Å²) >= 11 is 12.1. The third-order valence-electron chi connectivity index (χ3n) is 5.42. The van der Waals surface area contributed by atoms with Crippen LogP contribution in [0.4, 0.5) is 5.69 Å². The van der Waals surface area contributed by atoms with Gasteiger partial charge in [-0.25, -0.2) is 0 Å². The number of amides is 1. The van der Waals surface area contributed by atoms with Gasteiger partial charge in [-0.2, -0.15) is 0 Å². The Balaban J connectivity index is 1.93. The van der Waals surface area contributed by atoms with Gasteiger partial charge in [0.1, 0.15) is 17.3 Å². The van der Waals surface area contributed by atoms with Crippen LogP contribution in [0.5, 0.6) is 11.5 Å². The Morgan fingerprint density at radius 3 is 2.29 bits per heavy atom. The van der Waals surface area contributed by atoms with E-state index in [0.717, 1.165) is 0 Å². The minimum atomic E-state index is -1.02. The van der Waals surface area contributed by atoms with Gasteiger partial charge in [0.05, 0.1) is 28.8 Å². The van der Waals surface area contributed by atoms with Crippen LogP contribution < -0.4 is 14.4 Å². The summed E-state index contributed by atoms with van der Waals surface area (Å²) in [4.78, 5) is 39.3. The summed E-state index contributed by atoms with van der Waals surface area (Å²) in [6.45, 7) is 1.26. The van der Waals surface area contributed by atoms with Crippen LogP contribution in [0.2, 0.25) is 10.0 Å². The van der Waals surface area contributed by atoms with Gasteiger partial charge in [-0.3, -0.25) is 19.3 Å². The van der Waals surface area contributed by atoms with Crippen molar-refractivity contribution in [2.75, 3.05) is 12.0 Å². The van der Waals surface area contributed by atoms with E-state index in [4.69, 9.17) is 32.7 Å². The molecule has 1 unspecified atom stereocenters. The van der Waals surface area contributed by atoms with Crippen LogP contribution in [0.1, 0.15) is 24.1 Å². The molecule has 1 N–H and O–H groups in total. The zero-order chi connectivity index (χ0) is 25.3. The second-order valence-corrected chi connectivity index (χ2v) is 8.48. The molecule has 3 aromatic rings. The van der Waals surface area contributed by atoms with E-state index in [0.29, 0.717) is 17.0 Å². The van der Waals surface area contributed by atoms with Gasteiger partial charge in [0.25, 0.3) is 11.7 Å². The number of benzene rings is 3. The number of aliphatic hydroxyl groups is 1. The third kappa shape index (κ3) is 4.73. The molecule has 1 aliphatic rings. The van der Waals surface area contributed by atoms with Crippen LogP contribution in [-0.2, 0) is 14.4 Å². The predicted molar refractivity (Wildman–Crippen MR) is 132 cm³/mol. The van der Waals surface area contributed by atoms with Gasteiger partial charge in [-0.05, 0) is 60.2 Å². The monoisotopic (exact) mass is 511 g/mol.